The van der Waals surface area contributed by atoms with E-state index in [1.807, 2.05) is 30.5 Å². The lowest BCUT2D eigenvalue weighted by Gasteiger charge is -2.36. The summed E-state index contributed by atoms with van der Waals surface area (Å²) in [5, 5.41) is 7.36. The molecule has 2 aromatic rings. The van der Waals surface area contributed by atoms with Gasteiger partial charge in [0.25, 0.3) is 0 Å². The predicted molar refractivity (Wildman–Crippen MR) is 120 cm³/mol. The molecule has 1 aromatic heterocycles. The van der Waals surface area contributed by atoms with Crippen molar-refractivity contribution in [3.63, 3.8) is 0 Å². The topological polar surface area (TPSA) is 61.8 Å². The normalized spacial score (nSPS) is 19.9. The highest BCUT2D eigenvalue weighted by molar-refractivity contribution is 6.30. The van der Waals surface area contributed by atoms with Crippen LogP contribution < -0.4 is 15.5 Å². The molecule has 1 aliphatic rings. The first-order valence-corrected chi connectivity index (χ1v) is 10.5. The summed E-state index contributed by atoms with van der Waals surface area (Å²) in [7, 11) is 0. The van der Waals surface area contributed by atoms with Gasteiger partial charge in [0.15, 0.2) is 5.96 Å². The van der Waals surface area contributed by atoms with Crippen LogP contribution in [-0.2, 0) is 17.8 Å². The smallest absolute Gasteiger partial charge is 0.191 e. The van der Waals surface area contributed by atoms with Crippen LogP contribution in [0.5, 0.6) is 0 Å². The van der Waals surface area contributed by atoms with Gasteiger partial charge in [-0.1, -0.05) is 29.8 Å². The van der Waals surface area contributed by atoms with Gasteiger partial charge < -0.3 is 20.3 Å². The highest BCUT2D eigenvalue weighted by atomic mass is 35.5. The summed E-state index contributed by atoms with van der Waals surface area (Å²) in [6.45, 7) is 10.0. The Hall–Kier alpha value is -2.31. The Morgan fingerprint density at radius 2 is 1.97 bits per heavy atom. The minimum atomic E-state index is 0.220. The Bertz CT molecular complexity index is 801. The number of ether oxygens (including phenoxy) is 1. The van der Waals surface area contributed by atoms with Gasteiger partial charge in [0.2, 0.25) is 0 Å². The van der Waals surface area contributed by atoms with Gasteiger partial charge >= 0.3 is 0 Å². The van der Waals surface area contributed by atoms with E-state index in [1.165, 1.54) is 0 Å². The molecular formula is C22H30ClN5O. The van der Waals surface area contributed by atoms with Crippen molar-refractivity contribution in [2.45, 2.75) is 46.1 Å². The summed E-state index contributed by atoms with van der Waals surface area (Å²) in [6.07, 6.45) is 2.35. The third-order valence-corrected chi connectivity index (χ3v) is 4.90. The number of hydrogen-bond acceptors (Lipinski definition) is 4. The standard InChI is InChI=1S/C22H30ClN5O/c1-4-24-22(26-11-18-6-5-7-20(23)10-18)27-13-19-8-9-21(25-12-19)28-14-16(2)29-17(3)15-28/h5-10,12,16-17H,4,11,13-15H2,1-3H3,(H2,24,26,27). The zero-order chi connectivity index (χ0) is 20.6. The Morgan fingerprint density at radius 3 is 2.62 bits per heavy atom. The van der Waals surface area contributed by atoms with Crippen LogP contribution in [0.3, 0.4) is 0 Å². The Labute approximate surface area is 178 Å². The Morgan fingerprint density at radius 1 is 1.17 bits per heavy atom. The summed E-state index contributed by atoms with van der Waals surface area (Å²) in [5.41, 5.74) is 2.19. The summed E-state index contributed by atoms with van der Waals surface area (Å²) in [6, 6.07) is 12.0. The second kappa shape index (κ2) is 10.5. The molecular weight excluding hydrogens is 386 g/mol. The average molecular weight is 416 g/mol. The van der Waals surface area contributed by atoms with E-state index in [0.717, 1.165) is 47.6 Å². The first kappa shape index (κ1) is 21.4. The number of anilines is 1. The monoisotopic (exact) mass is 415 g/mol. The summed E-state index contributed by atoms with van der Waals surface area (Å²) in [5.74, 6) is 1.76. The first-order chi connectivity index (χ1) is 14.0. The number of nitrogens with zero attached hydrogens (tertiary/aromatic N) is 3. The molecule has 0 saturated carbocycles. The Balaban J connectivity index is 1.58. The number of pyridine rings is 1. The summed E-state index contributed by atoms with van der Waals surface area (Å²) < 4.78 is 5.80. The molecule has 6 nitrogen and oxygen atoms in total. The van der Waals surface area contributed by atoms with E-state index in [1.54, 1.807) is 0 Å². The van der Waals surface area contributed by atoms with Gasteiger partial charge in [-0.15, -0.1) is 0 Å². The number of morpholine rings is 1. The maximum Gasteiger partial charge on any atom is 0.191 e. The molecule has 7 heteroatoms. The average Bonchev–Trinajstić information content (AvgIpc) is 2.70. The number of guanidine groups is 1. The molecule has 0 spiro atoms. The minimum absolute atomic E-state index is 0.220. The maximum absolute atomic E-state index is 6.06. The molecule has 1 aromatic carbocycles. The Kier molecular flexibility index (Phi) is 7.72. The second-order valence-corrected chi connectivity index (χ2v) is 7.80. The largest absolute Gasteiger partial charge is 0.372 e. The van der Waals surface area contributed by atoms with Crippen LogP contribution in [-0.4, -0.2) is 42.8 Å². The molecule has 156 valence electrons. The van der Waals surface area contributed by atoms with Crippen LogP contribution in [0.25, 0.3) is 0 Å². The minimum Gasteiger partial charge on any atom is -0.372 e. The fourth-order valence-corrected chi connectivity index (χ4v) is 3.62. The van der Waals surface area contributed by atoms with E-state index in [0.29, 0.717) is 13.1 Å². The predicted octanol–water partition coefficient (Wildman–Crippen LogP) is 3.60. The van der Waals surface area contributed by atoms with Gasteiger partial charge in [0.05, 0.1) is 18.8 Å². The highest BCUT2D eigenvalue weighted by Gasteiger charge is 2.22. The van der Waals surface area contributed by atoms with E-state index in [-0.39, 0.29) is 12.2 Å². The molecule has 2 unspecified atom stereocenters. The molecule has 0 bridgehead atoms. The van der Waals surface area contributed by atoms with Gasteiger partial charge in [-0.2, -0.15) is 0 Å². The lowest BCUT2D eigenvalue weighted by Crippen LogP contribution is -2.45. The van der Waals surface area contributed by atoms with Crippen LogP contribution in [0, 0.1) is 0 Å². The first-order valence-electron chi connectivity index (χ1n) is 10.2. The molecule has 1 fully saturated rings. The van der Waals surface area contributed by atoms with Crippen molar-refractivity contribution in [3.8, 4) is 0 Å². The van der Waals surface area contributed by atoms with Crippen molar-refractivity contribution in [2.24, 2.45) is 4.99 Å². The fraction of sp³-hybridized carbons (Fsp3) is 0.455. The molecule has 29 heavy (non-hydrogen) atoms. The van der Waals surface area contributed by atoms with E-state index >= 15 is 0 Å². The molecule has 0 amide bonds. The zero-order valence-electron chi connectivity index (χ0n) is 17.4. The van der Waals surface area contributed by atoms with Crippen molar-refractivity contribution in [2.75, 3.05) is 24.5 Å². The van der Waals surface area contributed by atoms with E-state index in [2.05, 4.69) is 58.4 Å². The van der Waals surface area contributed by atoms with Crippen LogP contribution in [0.1, 0.15) is 31.9 Å². The van der Waals surface area contributed by atoms with Crippen LogP contribution in [0.15, 0.2) is 47.6 Å². The SMILES string of the molecule is CCNC(=NCc1ccc(N2CC(C)OC(C)C2)nc1)NCc1cccc(Cl)c1. The van der Waals surface area contributed by atoms with Crippen molar-refractivity contribution in [1.82, 2.24) is 15.6 Å². The number of nitrogens with one attached hydrogen (secondary N) is 2. The van der Waals surface area contributed by atoms with Gasteiger partial charge in [-0.3, -0.25) is 0 Å². The molecule has 0 aliphatic carbocycles. The van der Waals surface area contributed by atoms with Crippen LogP contribution in [0.2, 0.25) is 5.02 Å². The maximum atomic E-state index is 6.06. The molecule has 0 radical (unpaired) electrons. The number of hydrogen-bond donors (Lipinski definition) is 2. The van der Waals surface area contributed by atoms with E-state index in [4.69, 9.17) is 16.3 Å². The molecule has 2 atom stereocenters. The number of benzene rings is 1. The van der Waals surface area contributed by atoms with Crippen LogP contribution >= 0.6 is 11.6 Å². The number of halogens is 1. The molecule has 2 heterocycles. The fourth-order valence-electron chi connectivity index (χ4n) is 3.41. The second-order valence-electron chi connectivity index (χ2n) is 7.37. The van der Waals surface area contributed by atoms with E-state index < -0.39 is 0 Å². The number of rotatable bonds is 6. The number of aliphatic imine (C=N–C) groups is 1. The molecule has 3 rings (SSSR count). The molecule has 1 aliphatic heterocycles. The van der Waals surface area contributed by atoms with Gasteiger partial charge in [-0.05, 0) is 50.1 Å². The lowest BCUT2D eigenvalue weighted by atomic mass is 10.2. The van der Waals surface area contributed by atoms with Crippen LogP contribution in [0.4, 0.5) is 5.82 Å². The molecule has 2 N–H and O–H groups in total. The van der Waals surface area contributed by atoms with Crippen molar-refractivity contribution >= 4 is 23.4 Å². The lowest BCUT2D eigenvalue weighted by molar-refractivity contribution is -0.00545. The third-order valence-electron chi connectivity index (χ3n) is 4.67. The molecule has 1 saturated heterocycles. The zero-order valence-corrected chi connectivity index (χ0v) is 18.1. The quantitative estimate of drug-likeness (QED) is 0.557. The van der Waals surface area contributed by atoms with Gasteiger partial charge in [0, 0.05) is 37.4 Å². The summed E-state index contributed by atoms with van der Waals surface area (Å²) in [4.78, 5) is 11.6. The third kappa shape index (κ3) is 6.61. The number of aromatic nitrogens is 1. The van der Waals surface area contributed by atoms with Crippen molar-refractivity contribution < 1.29 is 4.74 Å². The summed E-state index contributed by atoms with van der Waals surface area (Å²) >= 11 is 6.06. The van der Waals surface area contributed by atoms with E-state index in [9.17, 15) is 0 Å². The van der Waals surface area contributed by atoms with Gasteiger partial charge in [-0.25, -0.2) is 9.98 Å². The van der Waals surface area contributed by atoms with Crippen molar-refractivity contribution in [1.29, 1.82) is 0 Å². The van der Waals surface area contributed by atoms with Gasteiger partial charge in [0.1, 0.15) is 5.82 Å². The highest BCUT2D eigenvalue weighted by Crippen LogP contribution is 2.18. The van der Waals surface area contributed by atoms with Crippen molar-refractivity contribution in [3.05, 3.63) is 58.7 Å².